The highest BCUT2D eigenvalue weighted by Crippen LogP contribution is 2.38. The maximum absolute atomic E-state index is 2.31. The zero-order chi connectivity index (χ0) is 20.3. The molecule has 0 saturated heterocycles. The van der Waals surface area contributed by atoms with E-state index in [1.165, 1.54) is 55.7 Å². The third kappa shape index (κ3) is 4.28. The van der Waals surface area contributed by atoms with Crippen molar-refractivity contribution < 1.29 is 0 Å². The van der Waals surface area contributed by atoms with Gasteiger partial charge in [0, 0.05) is 0 Å². The van der Waals surface area contributed by atoms with Crippen LogP contribution in [-0.2, 0) is 0 Å². The molecule has 0 heterocycles. The molecule has 0 heteroatoms. The molecule has 0 N–H and O–H groups in total. The first-order valence-electron chi connectivity index (χ1n) is 10.4. The lowest BCUT2D eigenvalue weighted by Crippen LogP contribution is -2.00. The Bertz CT molecular complexity index is 1000. The summed E-state index contributed by atoms with van der Waals surface area (Å²) < 4.78 is 0. The first kappa shape index (κ1) is 20.1. The van der Waals surface area contributed by atoms with Crippen molar-refractivity contribution >= 4 is 11.1 Å². The minimum Gasteiger partial charge on any atom is -0.0651 e. The Morgan fingerprint density at radius 3 is 1.61 bits per heavy atom. The molecule has 0 amide bonds. The zero-order valence-corrected chi connectivity index (χ0v) is 18.2. The third-order valence-corrected chi connectivity index (χ3v) is 5.50. The van der Waals surface area contributed by atoms with Gasteiger partial charge in [-0.15, -0.1) is 0 Å². The van der Waals surface area contributed by atoms with E-state index in [1.54, 1.807) is 0 Å². The van der Waals surface area contributed by atoms with Crippen LogP contribution in [0.5, 0.6) is 0 Å². The second-order valence-electron chi connectivity index (χ2n) is 8.11. The maximum Gasteiger partial charge on any atom is -0.00706 e. The molecule has 0 aliphatic carbocycles. The van der Waals surface area contributed by atoms with Gasteiger partial charge in [0.1, 0.15) is 0 Å². The summed E-state index contributed by atoms with van der Waals surface area (Å²) >= 11 is 0. The van der Waals surface area contributed by atoms with Gasteiger partial charge in [-0.1, -0.05) is 90.7 Å². The summed E-state index contributed by atoms with van der Waals surface area (Å²) in [5, 5.41) is 0. The van der Waals surface area contributed by atoms with Gasteiger partial charge in [0.05, 0.1) is 0 Å². The lowest BCUT2D eigenvalue weighted by Gasteiger charge is -2.21. The van der Waals surface area contributed by atoms with Crippen molar-refractivity contribution in [2.75, 3.05) is 0 Å². The minimum atomic E-state index is 1.07. The summed E-state index contributed by atoms with van der Waals surface area (Å²) in [6.45, 7) is 13.3. The lowest BCUT2D eigenvalue weighted by atomic mass is 9.83. The van der Waals surface area contributed by atoms with Crippen LogP contribution in [0.3, 0.4) is 0 Å². The third-order valence-electron chi connectivity index (χ3n) is 5.50. The molecule has 0 aliphatic rings. The molecule has 0 fully saturated rings. The van der Waals surface area contributed by atoms with Gasteiger partial charge >= 0.3 is 0 Å². The van der Waals surface area contributed by atoms with Crippen LogP contribution in [0.25, 0.3) is 11.1 Å². The molecule has 0 spiro atoms. The van der Waals surface area contributed by atoms with Gasteiger partial charge in [0.25, 0.3) is 0 Å². The van der Waals surface area contributed by atoms with Crippen LogP contribution in [-0.4, -0.2) is 0 Å². The van der Waals surface area contributed by atoms with Crippen molar-refractivity contribution in [2.24, 2.45) is 0 Å². The fraction of sp³-hybridized carbons (Fsp3) is 0.286. The van der Waals surface area contributed by atoms with Crippen LogP contribution in [0.2, 0.25) is 0 Å². The van der Waals surface area contributed by atoms with Crippen LogP contribution in [0.4, 0.5) is 0 Å². The van der Waals surface area contributed by atoms with Crippen LogP contribution in [0, 0.1) is 34.6 Å². The fourth-order valence-corrected chi connectivity index (χ4v) is 4.10. The molecule has 0 nitrogen and oxygen atoms in total. The average Bonchev–Trinajstić information content (AvgIpc) is 2.64. The summed E-state index contributed by atoms with van der Waals surface area (Å²) in [5.41, 5.74) is 13.5. The Kier molecular flexibility index (Phi) is 6.19. The molecule has 28 heavy (non-hydrogen) atoms. The number of allylic oxidation sites excluding steroid dienone is 1. The SMILES string of the molecule is CCC/C(=C(/c1ccc(C)cc1)c1ccc(C)cc1C)c1ccc(C)cc1C. The summed E-state index contributed by atoms with van der Waals surface area (Å²) in [5.74, 6) is 0. The summed E-state index contributed by atoms with van der Waals surface area (Å²) in [6.07, 6.45) is 2.20. The normalized spacial score (nSPS) is 12.1. The van der Waals surface area contributed by atoms with E-state index in [0.29, 0.717) is 0 Å². The van der Waals surface area contributed by atoms with Crippen LogP contribution in [0.15, 0.2) is 60.7 Å². The number of hydrogen-bond donors (Lipinski definition) is 0. The van der Waals surface area contributed by atoms with Crippen LogP contribution >= 0.6 is 0 Å². The second kappa shape index (κ2) is 8.61. The molecule has 0 saturated carbocycles. The standard InChI is InChI=1S/C28H32/c1-7-8-27(25-15-11-20(3)17-22(25)5)28(24-13-9-19(2)10-14-24)26-16-12-21(4)18-23(26)6/h9-18H,7-8H2,1-6H3/b28-27+. The van der Waals surface area contributed by atoms with Gasteiger partial charge in [-0.3, -0.25) is 0 Å². The highest BCUT2D eigenvalue weighted by atomic mass is 14.2. The predicted molar refractivity (Wildman–Crippen MR) is 124 cm³/mol. The fourth-order valence-electron chi connectivity index (χ4n) is 4.10. The van der Waals surface area contributed by atoms with E-state index in [9.17, 15) is 0 Å². The molecule has 0 atom stereocenters. The van der Waals surface area contributed by atoms with Crippen LogP contribution in [0.1, 0.15) is 64.3 Å². The molecule has 3 aromatic rings. The minimum absolute atomic E-state index is 1.07. The molecule has 0 bridgehead atoms. The molecule has 0 unspecified atom stereocenters. The van der Waals surface area contributed by atoms with Gasteiger partial charge < -0.3 is 0 Å². The van der Waals surface area contributed by atoms with Crippen molar-refractivity contribution in [3.63, 3.8) is 0 Å². The molecule has 0 radical (unpaired) electrons. The molecular weight excluding hydrogens is 336 g/mol. The Morgan fingerprint density at radius 1 is 0.607 bits per heavy atom. The summed E-state index contributed by atoms with van der Waals surface area (Å²) in [4.78, 5) is 0. The van der Waals surface area contributed by atoms with E-state index in [4.69, 9.17) is 0 Å². The highest BCUT2D eigenvalue weighted by Gasteiger charge is 2.17. The van der Waals surface area contributed by atoms with Gasteiger partial charge in [-0.25, -0.2) is 0 Å². The number of hydrogen-bond acceptors (Lipinski definition) is 0. The summed E-state index contributed by atoms with van der Waals surface area (Å²) in [7, 11) is 0. The van der Waals surface area contributed by atoms with E-state index >= 15 is 0 Å². The summed E-state index contributed by atoms with van der Waals surface area (Å²) in [6, 6.07) is 22.7. The van der Waals surface area contributed by atoms with Gasteiger partial charge in [-0.05, 0) is 80.0 Å². The number of aryl methyl sites for hydroxylation is 5. The Labute approximate surface area is 171 Å². The van der Waals surface area contributed by atoms with Crippen LogP contribution < -0.4 is 0 Å². The molecule has 3 aromatic carbocycles. The smallest absolute Gasteiger partial charge is 0.00706 e. The van der Waals surface area contributed by atoms with E-state index in [-0.39, 0.29) is 0 Å². The van der Waals surface area contributed by atoms with Crippen molar-refractivity contribution in [3.05, 3.63) is 105 Å². The first-order chi connectivity index (χ1) is 13.4. The second-order valence-corrected chi connectivity index (χ2v) is 8.11. The van der Waals surface area contributed by atoms with Gasteiger partial charge in [0.15, 0.2) is 0 Å². The Morgan fingerprint density at radius 2 is 1.11 bits per heavy atom. The monoisotopic (exact) mass is 368 g/mol. The Balaban J connectivity index is 2.37. The van der Waals surface area contributed by atoms with Crippen molar-refractivity contribution in [1.29, 1.82) is 0 Å². The molecule has 3 rings (SSSR count). The van der Waals surface area contributed by atoms with Crippen molar-refractivity contribution in [2.45, 2.75) is 54.4 Å². The average molecular weight is 369 g/mol. The largest absolute Gasteiger partial charge is 0.0651 e. The van der Waals surface area contributed by atoms with E-state index in [0.717, 1.165) is 12.8 Å². The van der Waals surface area contributed by atoms with Crippen molar-refractivity contribution in [3.8, 4) is 0 Å². The number of benzene rings is 3. The topological polar surface area (TPSA) is 0 Å². The maximum atomic E-state index is 2.31. The van der Waals surface area contributed by atoms with E-state index in [1.807, 2.05) is 0 Å². The molecule has 144 valence electrons. The molecular formula is C28H32. The Hall–Kier alpha value is -2.60. The quantitative estimate of drug-likeness (QED) is 0.400. The van der Waals surface area contributed by atoms with Gasteiger partial charge in [-0.2, -0.15) is 0 Å². The molecule has 0 aliphatic heterocycles. The van der Waals surface area contributed by atoms with E-state index in [2.05, 4.69) is 102 Å². The van der Waals surface area contributed by atoms with Gasteiger partial charge in [0.2, 0.25) is 0 Å². The van der Waals surface area contributed by atoms with E-state index < -0.39 is 0 Å². The highest BCUT2D eigenvalue weighted by molar-refractivity contribution is 6.00. The van der Waals surface area contributed by atoms with Crippen molar-refractivity contribution in [1.82, 2.24) is 0 Å². The zero-order valence-electron chi connectivity index (χ0n) is 18.2. The molecule has 0 aromatic heterocycles. The predicted octanol–water partition coefficient (Wildman–Crippen LogP) is 7.99. The number of rotatable bonds is 5. The first-order valence-corrected chi connectivity index (χ1v) is 10.4. The lowest BCUT2D eigenvalue weighted by molar-refractivity contribution is 0.972.